The summed E-state index contributed by atoms with van der Waals surface area (Å²) in [5.41, 5.74) is 1.31. The molecule has 0 aromatic heterocycles. The second-order valence-electron chi connectivity index (χ2n) is 5.94. The minimum atomic E-state index is -0.531. The van der Waals surface area contributed by atoms with Crippen molar-refractivity contribution in [3.63, 3.8) is 0 Å². The molecule has 1 aromatic carbocycles. The van der Waals surface area contributed by atoms with E-state index < -0.39 is 5.60 Å². The Bertz CT molecular complexity index is 574. The van der Waals surface area contributed by atoms with Gasteiger partial charge >= 0.3 is 6.09 Å². The van der Waals surface area contributed by atoms with Crippen molar-refractivity contribution >= 4 is 6.09 Å². The number of fused-ring (bicyclic) bond motifs is 5. The SMILES string of the molecule is CC(C)(C)OC(=O)N1C2C=CC1c1cc(F)ccc12. The normalized spacial score (nSPS) is 23.7. The first kappa shape index (κ1) is 12.2. The summed E-state index contributed by atoms with van der Waals surface area (Å²) in [5.74, 6) is -0.274. The molecule has 1 aromatic rings. The van der Waals surface area contributed by atoms with Gasteiger partial charge in [-0.1, -0.05) is 18.2 Å². The monoisotopic (exact) mass is 261 g/mol. The quantitative estimate of drug-likeness (QED) is 0.666. The smallest absolute Gasteiger partial charge is 0.411 e. The van der Waals surface area contributed by atoms with Crippen LogP contribution in [0.25, 0.3) is 0 Å². The van der Waals surface area contributed by atoms with Crippen LogP contribution >= 0.6 is 0 Å². The summed E-state index contributed by atoms with van der Waals surface area (Å²) in [7, 11) is 0. The van der Waals surface area contributed by atoms with Gasteiger partial charge in [0, 0.05) is 0 Å². The van der Waals surface area contributed by atoms with Crippen molar-refractivity contribution in [3.8, 4) is 0 Å². The number of carbonyl (C=O) groups excluding carboxylic acids is 1. The first-order valence-corrected chi connectivity index (χ1v) is 6.36. The Kier molecular flexibility index (Phi) is 2.46. The Hall–Kier alpha value is -1.84. The summed E-state index contributed by atoms with van der Waals surface area (Å²) in [6, 6.07) is 4.35. The first-order chi connectivity index (χ1) is 8.87. The Morgan fingerprint density at radius 2 is 1.84 bits per heavy atom. The number of hydrogen-bond acceptors (Lipinski definition) is 2. The highest BCUT2D eigenvalue weighted by atomic mass is 19.1. The summed E-state index contributed by atoms with van der Waals surface area (Å²) >= 11 is 0. The molecule has 3 rings (SSSR count). The van der Waals surface area contributed by atoms with Gasteiger partial charge in [0.05, 0.1) is 12.1 Å². The largest absolute Gasteiger partial charge is 0.444 e. The molecule has 1 amide bonds. The van der Waals surface area contributed by atoms with E-state index in [4.69, 9.17) is 4.74 Å². The summed E-state index contributed by atoms with van der Waals surface area (Å²) < 4.78 is 18.7. The molecule has 2 aliphatic heterocycles. The molecule has 0 fully saturated rings. The molecule has 2 atom stereocenters. The van der Waals surface area contributed by atoms with Crippen molar-refractivity contribution in [2.24, 2.45) is 0 Å². The van der Waals surface area contributed by atoms with Crippen molar-refractivity contribution in [2.75, 3.05) is 0 Å². The summed E-state index contributed by atoms with van der Waals surface area (Å²) in [5, 5.41) is 0. The molecular formula is C15H16FNO2. The predicted octanol–water partition coefficient (Wildman–Crippen LogP) is 3.73. The molecule has 4 heteroatoms. The van der Waals surface area contributed by atoms with Gasteiger partial charge in [0.1, 0.15) is 11.4 Å². The molecule has 2 unspecified atom stereocenters. The molecule has 0 saturated heterocycles. The van der Waals surface area contributed by atoms with Crippen molar-refractivity contribution in [3.05, 3.63) is 47.3 Å². The van der Waals surface area contributed by atoms with Crippen molar-refractivity contribution in [2.45, 2.75) is 38.5 Å². The van der Waals surface area contributed by atoms with E-state index in [1.807, 2.05) is 32.9 Å². The zero-order valence-corrected chi connectivity index (χ0v) is 11.2. The molecule has 19 heavy (non-hydrogen) atoms. The van der Waals surface area contributed by atoms with E-state index in [2.05, 4.69) is 0 Å². The Morgan fingerprint density at radius 3 is 2.47 bits per heavy atom. The molecule has 2 heterocycles. The van der Waals surface area contributed by atoms with Crippen LogP contribution in [0.3, 0.4) is 0 Å². The maximum Gasteiger partial charge on any atom is 0.411 e. The van der Waals surface area contributed by atoms with E-state index in [-0.39, 0.29) is 24.0 Å². The van der Waals surface area contributed by atoms with Crippen LogP contribution in [0, 0.1) is 5.82 Å². The van der Waals surface area contributed by atoms with E-state index in [0.29, 0.717) is 0 Å². The number of carbonyl (C=O) groups is 1. The number of nitrogens with zero attached hydrogens (tertiary/aromatic N) is 1. The Morgan fingerprint density at radius 1 is 1.21 bits per heavy atom. The number of benzene rings is 1. The second-order valence-corrected chi connectivity index (χ2v) is 5.94. The Labute approximate surface area is 111 Å². The average Bonchev–Trinajstić information content (AvgIpc) is 2.82. The van der Waals surface area contributed by atoms with Crippen LogP contribution in [0.5, 0.6) is 0 Å². The van der Waals surface area contributed by atoms with Crippen LogP contribution in [-0.4, -0.2) is 16.6 Å². The van der Waals surface area contributed by atoms with Gasteiger partial charge in [0.2, 0.25) is 0 Å². The minimum Gasteiger partial charge on any atom is -0.444 e. The fourth-order valence-electron chi connectivity index (χ4n) is 2.69. The molecule has 2 aliphatic rings. The average molecular weight is 261 g/mol. The summed E-state index contributed by atoms with van der Waals surface area (Å²) in [4.78, 5) is 13.9. The van der Waals surface area contributed by atoms with Gasteiger partial charge in [-0.15, -0.1) is 0 Å². The number of halogens is 1. The van der Waals surface area contributed by atoms with E-state index in [1.54, 1.807) is 11.0 Å². The van der Waals surface area contributed by atoms with Gasteiger partial charge in [0.25, 0.3) is 0 Å². The van der Waals surface area contributed by atoms with Crippen LogP contribution in [0.1, 0.15) is 44.0 Å². The Balaban J connectivity index is 1.91. The highest BCUT2D eigenvalue weighted by Crippen LogP contribution is 2.49. The summed E-state index contributed by atoms with van der Waals surface area (Å²) in [6.07, 6.45) is 3.54. The molecule has 0 N–H and O–H groups in total. The van der Waals surface area contributed by atoms with Gasteiger partial charge < -0.3 is 4.74 Å². The summed E-state index contributed by atoms with van der Waals surface area (Å²) in [6.45, 7) is 5.51. The lowest BCUT2D eigenvalue weighted by molar-refractivity contribution is 0.0196. The van der Waals surface area contributed by atoms with Gasteiger partial charge in [-0.05, 0) is 44.0 Å². The third-order valence-corrected chi connectivity index (χ3v) is 3.37. The van der Waals surface area contributed by atoms with E-state index in [1.165, 1.54) is 12.1 Å². The number of rotatable bonds is 0. The number of amides is 1. The maximum absolute atomic E-state index is 13.3. The van der Waals surface area contributed by atoms with E-state index in [0.717, 1.165) is 11.1 Å². The maximum atomic E-state index is 13.3. The standard InChI is InChI=1S/C15H16FNO2/c1-15(2,3)19-14(18)17-12-6-7-13(17)11-8-9(16)4-5-10(11)12/h4-8,12-13H,1-3H3. The van der Waals surface area contributed by atoms with Crippen LogP contribution in [-0.2, 0) is 4.74 Å². The van der Waals surface area contributed by atoms with Crippen LogP contribution in [0.4, 0.5) is 9.18 Å². The minimum absolute atomic E-state index is 0.129. The van der Waals surface area contributed by atoms with E-state index in [9.17, 15) is 9.18 Å². The predicted molar refractivity (Wildman–Crippen MR) is 69.1 cm³/mol. The van der Waals surface area contributed by atoms with Gasteiger partial charge in [-0.3, -0.25) is 4.90 Å². The zero-order chi connectivity index (χ0) is 13.8. The molecular weight excluding hydrogens is 245 g/mol. The third-order valence-electron chi connectivity index (χ3n) is 3.37. The fourth-order valence-corrected chi connectivity index (χ4v) is 2.69. The second kappa shape index (κ2) is 3.83. The number of hydrogen-bond donors (Lipinski definition) is 0. The lowest BCUT2D eigenvalue weighted by Gasteiger charge is -2.27. The van der Waals surface area contributed by atoms with Crippen molar-refractivity contribution in [1.29, 1.82) is 0 Å². The number of ether oxygens (including phenoxy) is 1. The molecule has 0 aliphatic carbocycles. The van der Waals surface area contributed by atoms with Gasteiger partial charge in [-0.2, -0.15) is 0 Å². The third kappa shape index (κ3) is 1.91. The molecule has 100 valence electrons. The molecule has 3 nitrogen and oxygen atoms in total. The molecule has 2 bridgehead atoms. The van der Waals surface area contributed by atoms with Gasteiger partial charge in [0.15, 0.2) is 0 Å². The topological polar surface area (TPSA) is 29.5 Å². The first-order valence-electron chi connectivity index (χ1n) is 6.36. The van der Waals surface area contributed by atoms with E-state index >= 15 is 0 Å². The molecule has 0 radical (unpaired) electrons. The van der Waals surface area contributed by atoms with Crippen molar-refractivity contribution in [1.82, 2.24) is 4.90 Å². The van der Waals surface area contributed by atoms with Gasteiger partial charge in [-0.25, -0.2) is 9.18 Å². The molecule has 0 saturated carbocycles. The van der Waals surface area contributed by atoms with Crippen LogP contribution in [0.2, 0.25) is 0 Å². The zero-order valence-electron chi connectivity index (χ0n) is 11.2. The van der Waals surface area contributed by atoms with Crippen LogP contribution < -0.4 is 0 Å². The van der Waals surface area contributed by atoms with Crippen LogP contribution in [0.15, 0.2) is 30.4 Å². The molecule has 0 spiro atoms. The lowest BCUT2D eigenvalue weighted by atomic mass is 9.97. The fraction of sp³-hybridized carbons (Fsp3) is 0.400. The van der Waals surface area contributed by atoms with Crippen molar-refractivity contribution < 1.29 is 13.9 Å². The highest BCUT2D eigenvalue weighted by molar-refractivity contribution is 5.73. The highest BCUT2D eigenvalue weighted by Gasteiger charge is 2.44. The lowest BCUT2D eigenvalue weighted by Crippen LogP contribution is -2.35.